The lowest BCUT2D eigenvalue weighted by molar-refractivity contribution is 0.0165. The van der Waals surface area contributed by atoms with E-state index in [1.54, 1.807) is 4.90 Å². The number of amides is 1. The lowest BCUT2D eigenvalue weighted by Gasteiger charge is -2.33. The van der Waals surface area contributed by atoms with Gasteiger partial charge in [0, 0.05) is 21.1 Å². The second-order valence-corrected chi connectivity index (χ2v) is 8.99. The molecule has 1 aliphatic heterocycles. The maximum absolute atomic E-state index is 12.0. The first-order chi connectivity index (χ1) is 10.7. The Balaban J connectivity index is 1.77. The summed E-state index contributed by atoms with van der Waals surface area (Å²) in [6.07, 6.45) is 1.69. The molecule has 0 spiro atoms. The predicted molar refractivity (Wildman–Crippen MR) is 103 cm³/mol. The predicted octanol–water partition coefficient (Wildman–Crippen LogP) is 5.08. The summed E-state index contributed by atoms with van der Waals surface area (Å²) < 4.78 is 13.5. The van der Waals surface area contributed by atoms with Crippen LogP contribution in [0.3, 0.4) is 0 Å². The van der Waals surface area contributed by atoms with Gasteiger partial charge in [-0.3, -0.25) is 0 Å². The highest BCUT2D eigenvalue weighted by atomic mass is 127. The molecule has 0 aliphatic carbocycles. The van der Waals surface area contributed by atoms with Crippen LogP contribution < -0.4 is 4.74 Å². The van der Waals surface area contributed by atoms with E-state index in [2.05, 4.69) is 38.5 Å². The van der Waals surface area contributed by atoms with Gasteiger partial charge in [-0.25, -0.2) is 4.79 Å². The van der Waals surface area contributed by atoms with Crippen LogP contribution in [-0.4, -0.2) is 36.3 Å². The number of halogens is 2. The standard InChI is InChI=1S/C17H23BrINO3/c1-17(2,3)23-16(21)20-6-4-12(5-7-20)11-22-15-9-13(18)8-14(19)10-15/h8-10,12H,4-7,11H2,1-3H3. The van der Waals surface area contributed by atoms with Crippen molar-refractivity contribution in [2.45, 2.75) is 39.2 Å². The summed E-state index contributed by atoms with van der Waals surface area (Å²) in [5, 5.41) is 0. The van der Waals surface area contributed by atoms with Gasteiger partial charge in [0.05, 0.1) is 6.61 Å². The smallest absolute Gasteiger partial charge is 0.410 e. The third-order valence-corrected chi connectivity index (χ3v) is 4.67. The first-order valence-electron chi connectivity index (χ1n) is 7.80. The van der Waals surface area contributed by atoms with Gasteiger partial charge in [-0.15, -0.1) is 0 Å². The van der Waals surface area contributed by atoms with Crippen molar-refractivity contribution in [3.63, 3.8) is 0 Å². The van der Waals surface area contributed by atoms with Crippen molar-refractivity contribution in [1.29, 1.82) is 0 Å². The molecule has 0 atom stereocenters. The van der Waals surface area contributed by atoms with Crippen molar-refractivity contribution in [2.75, 3.05) is 19.7 Å². The largest absolute Gasteiger partial charge is 0.493 e. The molecule has 4 nitrogen and oxygen atoms in total. The van der Waals surface area contributed by atoms with Crippen molar-refractivity contribution in [3.8, 4) is 5.75 Å². The SMILES string of the molecule is CC(C)(C)OC(=O)N1CCC(COc2cc(Br)cc(I)c2)CC1. The van der Waals surface area contributed by atoms with Crippen LogP contribution >= 0.6 is 38.5 Å². The van der Waals surface area contributed by atoms with Gasteiger partial charge >= 0.3 is 6.09 Å². The van der Waals surface area contributed by atoms with Gasteiger partial charge in [0.15, 0.2) is 0 Å². The van der Waals surface area contributed by atoms with E-state index in [-0.39, 0.29) is 6.09 Å². The van der Waals surface area contributed by atoms with Gasteiger partial charge in [-0.2, -0.15) is 0 Å². The third kappa shape index (κ3) is 6.49. The number of piperidine rings is 1. The highest BCUT2D eigenvalue weighted by Crippen LogP contribution is 2.25. The van der Waals surface area contributed by atoms with Crippen molar-refractivity contribution in [2.24, 2.45) is 5.92 Å². The molecule has 0 aromatic heterocycles. The monoisotopic (exact) mass is 495 g/mol. The average Bonchev–Trinajstić information content (AvgIpc) is 2.43. The number of carbonyl (C=O) groups is 1. The van der Waals surface area contributed by atoms with Gasteiger partial charge in [0.2, 0.25) is 0 Å². The van der Waals surface area contributed by atoms with Gasteiger partial charge in [-0.05, 0) is 80.3 Å². The van der Waals surface area contributed by atoms with Gasteiger partial charge < -0.3 is 14.4 Å². The van der Waals surface area contributed by atoms with E-state index >= 15 is 0 Å². The van der Waals surface area contributed by atoms with Crippen LogP contribution in [0.4, 0.5) is 4.79 Å². The second kappa shape index (κ2) is 8.05. The second-order valence-electron chi connectivity index (χ2n) is 6.83. The Bertz CT molecular complexity index is 531. The summed E-state index contributed by atoms with van der Waals surface area (Å²) in [4.78, 5) is 13.8. The topological polar surface area (TPSA) is 38.8 Å². The van der Waals surface area contributed by atoms with Gasteiger partial charge in [-0.1, -0.05) is 15.9 Å². The van der Waals surface area contributed by atoms with Gasteiger partial charge in [0.1, 0.15) is 11.4 Å². The number of hydrogen-bond donors (Lipinski definition) is 0. The molecule has 1 aromatic rings. The molecule has 128 valence electrons. The van der Waals surface area contributed by atoms with Crippen LogP contribution in [0.1, 0.15) is 33.6 Å². The summed E-state index contributed by atoms with van der Waals surface area (Å²) in [6.45, 7) is 7.84. The van der Waals surface area contributed by atoms with Crippen LogP contribution in [0.25, 0.3) is 0 Å². The molecule has 1 heterocycles. The normalized spacial score (nSPS) is 16.3. The summed E-state index contributed by atoms with van der Waals surface area (Å²) >= 11 is 5.76. The quantitative estimate of drug-likeness (QED) is 0.549. The highest BCUT2D eigenvalue weighted by Gasteiger charge is 2.27. The van der Waals surface area contributed by atoms with Crippen LogP contribution in [-0.2, 0) is 4.74 Å². The van der Waals surface area contributed by atoms with E-state index in [1.807, 2.05) is 39.0 Å². The molecule has 0 N–H and O–H groups in total. The highest BCUT2D eigenvalue weighted by molar-refractivity contribution is 14.1. The molecule has 2 rings (SSSR count). The van der Waals surface area contributed by atoms with E-state index in [9.17, 15) is 4.79 Å². The maximum atomic E-state index is 12.0. The minimum atomic E-state index is -0.436. The molecule has 23 heavy (non-hydrogen) atoms. The molecule has 1 aromatic carbocycles. The maximum Gasteiger partial charge on any atom is 0.410 e. The molecule has 1 fully saturated rings. The molecule has 1 aliphatic rings. The van der Waals surface area contributed by atoms with Crippen molar-refractivity contribution < 1.29 is 14.3 Å². The number of nitrogens with zero attached hydrogens (tertiary/aromatic N) is 1. The van der Waals surface area contributed by atoms with E-state index in [4.69, 9.17) is 9.47 Å². The summed E-state index contributed by atoms with van der Waals surface area (Å²) in [5.74, 6) is 1.36. The van der Waals surface area contributed by atoms with Crippen molar-refractivity contribution in [3.05, 3.63) is 26.2 Å². The Labute approximate surface area is 160 Å². The fraction of sp³-hybridized carbons (Fsp3) is 0.588. The molecule has 1 saturated heterocycles. The Morgan fingerprint density at radius 2 is 1.96 bits per heavy atom. The lowest BCUT2D eigenvalue weighted by Crippen LogP contribution is -2.42. The summed E-state index contributed by atoms with van der Waals surface area (Å²) in [5.41, 5.74) is -0.436. The zero-order valence-electron chi connectivity index (χ0n) is 13.8. The molecular weight excluding hydrogens is 473 g/mol. The Morgan fingerprint density at radius 3 is 2.52 bits per heavy atom. The molecule has 0 unspecified atom stereocenters. The van der Waals surface area contributed by atoms with E-state index < -0.39 is 5.60 Å². The minimum absolute atomic E-state index is 0.210. The third-order valence-electron chi connectivity index (χ3n) is 3.59. The molecule has 1 amide bonds. The number of ether oxygens (including phenoxy) is 2. The zero-order valence-corrected chi connectivity index (χ0v) is 17.5. The Morgan fingerprint density at radius 1 is 1.30 bits per heavy atom. The average molecular weight is 496 g/mol. The Hall–Kier alpha value is -0.500. The number of likely N-dealkylation sites (tertiary alicyclic amines) is 1. The van der Waals surface area contributed by atoms with Gasteiger partial charge in [0.25, 0.3) is 0 Å². The molecular formula is C17H23BrINO3. The van der Waals surface area contributed by atoms with Crippen LogP contribution in [0, 0.1) is 9.49 Å². The minimum Gasteiger partial charge on any atom is -0.493 e. The number of benzene rings is 1. The van der Waals surface area contributed by atoms with Crippen LogP contribution in [0.5, 0.6) is 5.75 Å². The Kier molecular flexibility index (Phi) is 6.59. The van der Waals surface area contributed by atoms with Crippen LogP contribution in [0.15, 0.2) is 22.7 Å². The lowest BCUT2D eigenvalue weighted by atomic mass is 9.98. The number of rotatable bonds is 3. The summed E-state index contributed by atoms with van der Waals surface area (Å²) in [6, 6.07) is 6.06. The number of hydrogen-bond acceptors (Lipinski definition) is 3. The first kappa shape index (κ1) is 18.8. The molecule has 0 saturated carbocycles. The fourth-order valence-electron chi connectivity index (χ4n) is 2.43. The van der Waals surface area contributed by atoms with E-state index in [0.29, 0.717) is 12.5 Å². The van der Waals surface area contributed by atoms with E-state index in [1.165, 1.54) is 0 Å². The molecule has 6 heteroatoms. The first-order valence-corrected chi connectivity index (χ1v) is 9.67. The summed E-state index contributed by atoms with van der Waals surface area (Å²) in [7, 11) is 0. The van der Waals surface area contributed by atoms with E-state index in [0.717, 1.165) is 39.7 Å². The van der Waals surface area contributed by atoms with Crippen molar-refractivity contribution in [1.82, 2.24) is 4.90 Å². The fourth-order valence-corrected chi connectivity index (χ4v) is 3.98. The molecule has 0 radical (unpaired) electrons. The zero-order chi connectivity index (χ0) is 17.0. The van der Waals surface area contributed by atoms with Crippen molar-refractivity contribution >= 4 is 44.6 Å². The number of carbonyl (C=O) groups excluding carboxylic acids is 1. The van der Waals surface area contributed by atoms with Crippen LogP contribution in [0.2, 0.25) is 0 Å². The molecule has 0 bridgehead atoms.